The number of hydrogen-bond donors (Lipinski definition) is 0. The average Bonchev–Trinajstić information content (AvgIpc) is 2.68. The van der Waals surface area contributed by atoms with Gasteiger partial charge in [-0.1, -0.05) is 25.4 Å². The molecule has 1 atom stereocenters. The molecule has 1 unspecified atom stereocenters. The van der Waals surface area contributed by atoms with Crippen molar-refractivity contribution in [2.24, 2.45) is 5.92 Å². The Bertz CT molecular complexity index is 425. The second kappa shape index (κ2) is 5.87. The molecule has 0 saturated carbocycles. The van der Waals surface area contributed by atoms with Crippen LogP contribution in [0.2, 0.25) is 5.02 Å². The number of hydrogen-bond acceptors (Lipinski definition) is 3. The molecule has 0 spiro atoms. The number of nitrogens with zero attached hydrogens (tertiary/aromatic N) is 1. The van der Waals surface area contributed by atoms with Gasteiger partial charge < -0.3 is 9.30 Å². The van der Waals surface area contributed by atoms with Crippen LogP contribution in [-0.4, -0.2) is 23.4 Å². The van der Waals surface area contributed by atoms with Crippen molar-refractivity contribution >= 4 is 23.4 Å². The molecule has 1 heterocycles. The highest BCUT2D eigenvalue weighted by Gasteiger charge is 2.19. The van der Waals surface area contributed by atoms with E-state index in [0.29, 0.717) is 5.02 Å². The number of aromatic nitrogens is 1. The van der Waals surface area contributed by atoms with E-state index in [1.54, 1.807) is 12.3 Å². The Morgan fingerprint density at radius 2 is 2.18 bits per heavy atom. The summed E-state index contributed by atoms with van der Waals surface area (Å²) >= 11 is 5.88. The maximum atomic E-state index is 11.8. The van der Waals surface area contributed by atoms with Gasteiger partial charge in [-0.05, 0) is 12.5 Å². The molecule has 0 amide bonds. The van der Waals surface area contributed by atoms with Crippen LogP contribution >= 0.6 is 11.6 Å². The summed E-state index contributed by atoms with van der Waals surface area (Å²) in [5.74, 6) is -0.483. The van der Waals surface area contributed by atoms with Crippen molar-refractivity contribution in [3.8, 4) is 0 Å². The van der Waals surface area contributed by atoms with Crippen molar-refractivity contribution in [3.05, 3.63) is 23.0 Å². The third kappa shape index (κ3) is 3.09. The largest absolute Gasteiger partial charge is 0.464 e. The van der Waals surface area contributed by atoms with Crippen molar-refractivity contribution < 1.29 is 14.3 Å². The summed E-state index contributed by atoms with van der Waals surface area (Å²) in [5, 5.41) is 0.300. The Balaban J connectivity index is 2.92. The third-order valence-electron chi connectivity index (χ3n) is 2.78. The summed E-state index contributed by atoms with van der Waals surface area (Å²) in [6, 6.07) is 1.58. The summed E-state index contributed by atoms with van der Waals surface area (Å²) in [6.07, 6.45) is 2.40. The molecule has 0 N–H and O–H groups in total. The molecule has 0 aliphatic heterocycles. The van der Waals surface area contributed by atoms with Crippen molar-refractivity contribution in [1.29, 1.82) is 0 Å². The van der Waals surface area contributed by atoms with E-state index in [1.165, 1.54) is 11.7 Å². The van der Waals surface area contributed by atoms with Gasteiger partial charge in [0.15, 0.2) is 5.78 Å². The number of rotatable bonds is 5. The summed E-state index contributed by atoms with van der Waals surface area (Å²) in [4.78, 5) is 23.3. The molecule has 94 valence electrons. The normalized spacial score (nSPS) is 12.2. The molecule has 1 aromatic rings. The minimum absolute atomic E-state index is 0.0262. The highest BCUT2D eigenvalue weighted by molar-refractivity contribution is 6.33. The van der Waals surface area contributed by atoms with E-state index in [-0.39, 0.29) is 23.9 Å². The van der Waals surface area contributed by atoms with Gasteiger partial charge in [0.05, 0.1) is 18.7 Å². The van der Waals surface area contributed by atoms with Crippen LogP contribution in [0, 0.1) is 5.92 Å². The maximum absolute atomic E-state index is 11.8. The lowest BCUT2D eigenvalue weighted by atomic mass is 10.0. The Labute approximate surface area is 106 Å². The minimum Gasteiger partial charge on any atom is -0.464 e. The molecule has 1 aromatic heterocycles. The number of halogens is 1. The van der Waals surface area contributed by atoms with Gasteiger partial charge in [-0.2, -0.15) is 0 Å². The highest BCUT2D eigenvalue weighted by atomic mass is 35.5. The summed E-state index contributed by atoms with van der Waals surface area (Å²) in [7, 11) is 1.28. The van der Waals surface area contributed by atoms with Crippen molar-refractivity contribution in [2.45, 2.75) is 26.8 Å². The Hall–Kier alpha value is -1.29. The number of ketones is 1. The van der Waals surface area contributed by atoms with Gasteiger partial charge in [-0.25, -0.2) is 4.79 Å². The van der Waals surface area contributed by atoms with Crippen molar-refractivity contribution in [3.63, 3.8) is 0 Å². The SMILES string of the molecule is CCC(C)C(=O)Cn1ccc(Cl)c1C(=O)OC. The smallest absolute Gasteiger partial charge is 0.356 e. The molecule has 1 rings (SSSR count). The molecule has 0 aromatic carbocycles. The van der Waals surface area contributed by atoms with E-state index < -0.39 is 5.97 Å². The number of carbonyl (C=O) groups is 2. The zero-order valence-corrected chi connectivity index (χ0v) is 11.0. The van der Waals surface area contributed by atoms with Gasteiger partial charge in [0.25, 0.3) is 0 Å². The zero-order valence-electron chi connectivity index (χ0n) is 10.2. The Morgan fingerprint density at radius 3 is 2.71 bits per heavy atom. The zero-order chi connectivity index (χ0) is 13.0. The van der Waals surface area contributed by atoms with Crippen LogP contribution in [0.25, 0.3) is 0 Å². The quantitative estimate of drug-likeness (QED) is 0.762. The van der Waals surface area contributed by atoms with Crippen LogP contribution in [0.15, 0.2) is 12.3 Å². The van der Waals surface area contributed by atoms with Gasteiger partial charge in [0, 0.05) is 12.1 Å². The second-order valence-electron chi connectivity index (χ2n) is 3.91. The number of methoxy groups -OCH3 is 1. The first kappa shape index (κ1) is 13.8. The standard InChI is InChI=1S/C12H16ClNO3/c1-4-8(2)10(15)7-14-6-5-9(13)11(14)12(16)17-3/h5-6,8H,4,7H2,1-3H3. The predicted octanol–water partition coefficient (Wildman–Crippen LogP) is 2.54. The molecule has 5 heteroatoms. The molecule has 4 nitrogen and oxygen atoms in total. The van der Waals surface area contributed by atoms with E-state index in [2.05, 4.69) is 4.74 Å². The van der Waals surface area contributed by atoms with Crippen LogP contribution in [0.3, 0.4) is 0 Å². The van der Waals surface area contributed by atoms with Crippen LogP contribution in [0.1, 0.15) is 30.8 Å². The van der Waals surface area contributed by atoms with Gasteiger partial charge >= 0.3 is 5.97 Å². The molecular weight excluding hydrogens is 242 g/mol. The Morgan fingerprint density at radius 1 is 1.53 bits per heavy atom. The van der Waals surface area contributed by atoms with Crippen LogP contribution < -0.4 is 0 Å². The lowest BCUT2D eigenvalue weighted by Crippen LogP contribution is -2.20. The molecule has 0 saturated heterocycles. The fourth-order valence-electron chi connectivity index (χ4n) is 1.44. The minimum atomic E-state index is -0.531. The number of ether oxygens (including phenoxy) is 1. The van der Waals surface area contributed by atoms with Crippen LogP contribution in [0.4, 0.5) is 0 Å². The van der Waals surface area contributed by atoms with E-state index in [4.69, 9.17) is 11.6 Å². The predicted molar refractivity (Wildman–Crippen MR) is 65.2 cm³/mol. The summed E-state index contributed by atoms with van der Waals surface area (Å²) in [5.41, 5.74) is 0.228. The first-order valence-corrected chi connectivity index (χ1v) is 5.84. The maximum Gasteiger partial charge on any atom is 0.356 e. The van der Waals surface area contributed by atoms with Gasteiger partial charge in [-0.3, -0.25) is 4.79 Å². The number of Topliss-reactive ketones (excluding diaryl/α,β-unsaturated/α-hetero) is 1. The Kier molecular flexibility index (Phi) is 4.75. The molecule has 0 bridgehead atoms. The lowest BCUT2D eigenvalue weighted by molar-refractivity contribution is -0.123. The lowest BCUT2D eigenvalue weighted by Gasteiger charge is -2.10. The number of carbonyl (C=O) groups excluding carboxylic acids is 2. The molecule has 0 fully saturated rings. The third-order valence-corrected chi connectivity index (χ3v) is 3.09. The van der Waals surface area contributed by atoms with Crippen molar-refractivity contribution in [2.75, 3.05) is 7.11 Å². The molecule has 0 aliphatic rings. The molecule has 0 radical (unpaired) electrons. The fourth-order valence-corrected chi connectivity index (χ4v) is 1.68. The van der Waals surface area contributed by atoms with Gasteiger partial charge in [0.2, 0.25) is 0 Å². The first-order valence-electron chi connectivity index (χ1n) is 5.46. The first-order chi connectivity index (χ1) is 8.01. The second-order valence-corrected chi connectivity index (χ2v) is 4.31. The fraction of sp³-hybridized carbons (Fsp3) is 0.500. The van der Waals surface area contributed by atoms with E-state index in [9.17, 15) is 9.59 Å². The average molecular weight is 258 g/mol. The summed E-state index contributed by atoms with van der Waals surface area (Å²) in [6.45, 7) is 3.96. The van der Waals surface area contributed by atoms with E-state index in [0.717, 1.165) is 6.42 Å². The monoisotopic (exact) mass is 257 g/mol. The van der Waals surface area contributed by atoms with Crippen LogP contribution in [-0.2, 0) is 16.1 Å². The molecule has 17 heavy (non-hydrogen) atoms. The van der Waals surface area contributed by atoms with E-state index in [1.807, 2.05) is 13.8 Å². The van der Waals surface area contributed by atoms with Gasteiger partial charge in [0.1, 0.15) is 5.69 Å². The van der Waals surface area contributed by atoms with Gasteiger partial charge in [-0.15, -0.1) is 0 Å². The highest BCUT2D eigenvalue weighted by Crippen LogP contribution is 2.19. The number of esters is 1. The molecule has 0 aliphatic carbocycles. The van der Waals surface area contributed by atoms with Crippen molar-refractivity contribution in [1.82, 2.24) is 4.57 Å². The van der Waals surface area contributed by atoms with Crippen LogP contribution in [0.5, 0.6) is 0 Å². The summed E-state index contributed by atoms with van der Waals surface area (Å²) < 4.78 is 6.16. The topological polar surface area (TPSA) is 48.3 Å². The molecular formula is C12H16ClNO3. The van der Waals surface area contributed by atoms with E-state index >= 15 is 0 Å².